The van der Waals surface area contributed by atoms with Crippen LogP contribution in [0.15, 0.2) is 72.8 Å². The molecule has 0 radical (unpaired) electrons. The Morgan fingerprint density at radius 3 is 2.48 bits per heavy atom. The van der Waals surface area contributed by atoms with E-state index in [-0.39, 0.29) is 31.3 Å². The van der Waals surface area contributed by atoms with E-state index in [1.807, 2.05) is 61.5 Å². The summed E-state index contributed by atoms with van der Waals surface area (Å²) in [6.45, 7) is 3.30. The molecule has 256 valence electrons. The van der Waals surface area contributed by atoms with Crippen LogP contribution in [-0.4, -0.2) is 76.2 Å². The Morgan fingerprint density at radius 2 is 1.73 bits per heavy atom. The molecule has 2 aliphatic rings. The summed E-state index contributed by atoms with van der Waals surface area (Å²) < 4.78 is 15.8. The lowest BCUT2D eigenvalue weighted by Crippen LogP contribution is -2.55. The summed E-state index contributed by atoms with van der Waals surface area (Å²) in [7, 11) is 0. The third-order valence-electron chi connectivity index (χ3n) is 9.96. The molecule has 3 aromatic carbocycles. The number of likely N-dealkylation sites (tertiary alicyclic amines) is 2. The van der Waals surface area contributed by atoms with Gasteiger partial charge in [0.25, 0.3) is 0 Å². The summed E-state index contributed by atoms with van der Waals surface area (Å²) >= 11 is 0. The highest BCUT2D eigenvalue weighted by Gasteiger charge is 2.45. The van der Waals surface area contributed by atoms with Crippen molar-refractivity contribution in [1.29, 1.82) is 0 Å². The van der Waals surface area contributed by atoms with Crippen molar-refractivity contribution in [1.82, 2.24) is 15.1 Å². The number of hydrogen-bond donors (Lipinski definition) is 4. The molecule has 2 saturated heterocycles. The lowest BCUT2D eigenvalue weighted by molar-refractivity contribution is -0.147. The quantitative estimate of drug-likeness (QED) is 0.200. The second-order valence-corrected chi connectivity index (χ2v) is 13.1. The van der Waals surface area contributed by atoms with Crippen molar-refractivity contribution in [3.05, 3.63) is 95.3 Å². The molecule has 2 heterocycles. The van der Waals surface area contributed by atoms with Crippen LogP contribution in [0.2, 0.25) is 0 Å². The van der Waals surface area contributed by atoms with Gasteiger partial charge in [-0.3, -0.25) is 9.59 Å². The Hall–Kier alpha value is -4.28. The lowest BCUT2D eigenvalue weighted by atomic mass is 9.72. The number of carboxylic acid groups (broad SMARTS) is 1. The summed E-state index contributed by atoms with van der Waals surface area (Å²) in [5.74, 6) is -1.33. The zero-order chi connectivity index (χ0) is 34.3. The number of aliphatic hydroxyl groups is 1. The number of piperidine rings is 1. The molecule has 0 unspecified atom stereocenters. The van der Waals surface area contributed by atoms with Gasteiger partial charge in [0.05, 0.1) is 11.6 Å². The third kappa shape index (κ3) is 7.88. The lowest BCUT2D eigenvalue weighted by Gasteiger charge is -2.44. The Bertz CT molecular complexity index is 1590. The number of nitrogens with one attached hydrogen (secondary N) is 1. The highest BCUT2D eigenvalue weighted by atomic mass is 19.1. The van der Waals surface area contributed by atoms with E-state index in [0.717, 1.165) is 17.5 Å². The molecule has 5 rings (SSSR count). The fourth-order valence-electron chi connectivity index (χ4n) is 7.47. The van der Waals surface area contributed by atoms with Crippen molar-refractivity contribution in [2.75, 3.05) is 26.2 Å². The Balaban J connectivity index is 1.41. The molecular weight excluding hydrogens is 611 g/mol. The van der Waals surface area contributed by atoms with Crippen molar-refractivity contribution >= 4 is 17.9 Å². The number of hydrogen-bond acceptors (Lipinski definition) is 5. The molecule has 0 bridgehead atoms. The minimum atomic E-state index is -1.57. The van der Waals surface area contributed by atoms with Crippen molar-refractivity contribution in [3.8, 4) is 11.1 Å². The number of benzene rings is 3. The van der Waals surface area contributed by atoms with Gasteiger partial charge in [-0.1, -0.05) is 73.7 Å². The number of rotatable bonds is 12. The Morgan fingerprint density at radius 1 is 1.00 bits per heavy atom. The number of nitrogens with two attached hydrogens (primary N) is 1. The van der Waals surface area contributed by atoms with E-state index in [1.165, 1.54) is 6.07 Å². The minimum Gasteiger partial charge on any atom is -0.465 e. The molecule has 9 nitrogen and oxygen atoms in total. The monoisotopic (exact) mass is 658 g/mol. The number of halogens is 1. The minimum absolute atomic E-state index is 0.116. The fourth-order valence-corrected chi connectivity index (χ4v) is 7.47. The molecule has 2 aliphatic heterocycles. The molecule has 0 spiro atoms. The van der Waals surface area contributed by atoms with Gasteiger partial charge in [-0.2, -0.15) is 0 Å². The van der Waals surface area contributed by atoms with Crippen LogP contribution in [0.1, 0.15) is 62.1 Å². The van der Waals surface area contributed by atoms with Crippen molar-refractivity contribution < 1.29 is 29.0 Å². The first-order valence-corrected chi connectivity index (χ1v) is 17.1. The van der Waals surface area contributed by atoms with Crippen LogP contribution in [0.3, 0.4) is 0 Å². The van der Waals surface area contributed by atoms with Crippen LogP contribution in [0.25, 0.3) is 11.1 Å². The van der Waals surface area contributed by atoms with Crippen molar-refractivity contribution in [2.45, 2.75) is 76.0 Å². The van der Waals surface area contributed by atoms with Crippen LogP contribution in [0, 0.1) is 11.7 Å². The second kappa shape index (κ2) is 15.7. The van der Waals surface area contributed by atoms with Crippen LogP contribution < -0.4 is 11.1 Å². The average molecular weight is 659 g/mol. The molecule has 2 fully saturated rings. The van der Waals surface area contributed by atoms with Crippen LogP contribution in [-0.2, 0) is 28.0 Å². The number of amides is 3. The molecule has 0 aliphatic carbocycles. The predicted molar refractivity (Wildman–Crippen MR) is 183 cm³/mol. The highest BCUT2D eigenvalue weighted by molar-refractivity contribution is 5.90. The van der Waals surface area contributed by atoms with E-state index >= 15 is 4.39 Å². The number of nitrogens with zero attached hydrogens (tertiary/aromatic N) is 2. The maximum absolute atomic E-state index is 15.8. The number of carbonyl (C=O) groups is 3. The number of aryl methyl sites for hydroxylation is 1. The number of carbonyl (C=O) groups excluding carboxylic acids is 2. The van der Waals surface area contributed by atoms with Gasteiger partial charge in [-0.15, -0.1) is 0 Å². The van der Waals surface area contributed by atoms with Gasteiger partial charge in [0, 0.05) is 37.7 Å². The smallest absolute Gasteiger partial charge is 0.404 e. The maximum Gasteiger partial charge on any atom is 0.404 e. The van der Waals surface area contributed by atoms with Crippen LogP contribution in [0.4, 0.5) is 9.18 Å². The third-order valence-corrected chi connectivity index (χ3v) is 9.96. The molecule has 4 atom stereocenters. The Kier molecular flexibility index (Phi) is 11.5. The molecular formula is C38H47FN4O5. The van der Waals surface area contributed by atoms with E-state index < -0.39 is 35.5 Å². The molecule has 10 heteroatoms. The molecule has 3 aromatic rings. The Labute approximate surface area is 281 Å². The maximum atomic E-state index is 15.8. The predicted octanol–water partition coefficient (Wildman–Crippen LogP) is 5.09. The first-order chi connectivity index (χ1) is 23.1. The molecule has 0 saturated carbocycles. The van der Waals surface area contributed by atoms with Gasteiger partial charge in [0.15, 0.2) is 0 Å². The van der Waals surface area contributed by atoms with Crippen LogP contribution >= 0.6 is 0 Å². The van der Waals surface area contributed by atoms with Gasteiger partial charge in [-0.25, -0.2) is 9.18 Å². The largest absolute Gasteiger partial charge is 0.465 e. The normalized spacial score (nSPS) is 19.8. The van der Waals surface area contributed by atoms with E-state index in [0.29, 0.717) is 68.3 Å². The molecule has 5 N–H and O–H groups in total. The fraction of sp³-hybridized carbons (Fsp3) is 0.447. The van der Waals surface area contributed by atoms with Gasteiger partial charge in [0.1, 0.15) is 11.9 Å². The zero-order valence-corrected chi connectivity index (χ0v) is 27.6. The summed E-state index contributed by atoms with van der Waals surface area (Å²) in [5, 5.41) is 24.2. The molecule has 0 aromatic heterocycles. The summed E-state index contributed by atoms with van der Waals surface area (Å²) in [5.41, 5.74) is 8.17. The summed E-state index contributed by atoms with van der Waals surface area (Å²) in [4.78, 5) is 42.2. The van der Waals surface area contributed by atoms with Gasteiger partial charge in [-0.05, 0) is 79.7 Å². The second-order valence-electron chi connectivity index (χ2n) is 13.1. The SMILES string of the molecule is CCc1cccc(-c2c(F)cccc2[C@](O)(CCCNC(=O)O)[C@@H]2CCCN(C(=O)[C@@H]3CCCN3C(=O)[C@@H](N)Cc3ccccc3)C2)c1. The van der Waals surface area contributed by atoms with Crippen molar-refractivity contribution in [2.24, 2.45) is 11.7 Å². The van der Waals surface area contributed by atoms with E-state index in [1.54, 1.807) is 21.9 Å². The zero-order valence-electron chi connectivity index (χ0n) is 27.6. The average Bonchev–Trinajstić information content (AvgIpc) is 3.60. The standard InChI is InChI=1S/C38H47FN4O5/c1-2-26-13-6-14-28(23-26)34-30(16-7-17-31(34)39)38(48,19-10-20-41-37(46)47)29-15-8-21-42(25-29)36(45)33-18-9-22-43(33)35(44)32(40)24-27-11-4-3-5-12-27/h3-7,11-14,16-17,23,29,32-33,41,48H,2,8-10,15,18-22,24-25,40H2,1H3,(H,46,47)/t29-,32+,33+,38+/m1/s1. The van der Waals surface area contributed by atoms with E-state index in [9.17, 15) is 19.5 Å². The van der Waals surface area contributed by atoms with Gasteiger partial charge in [0.2, 0.25) is 11.8 Å². The summed E-state index contributed by atoms with van der Waals surface area (Å²) in [6, 6.07) is 20.5. The first kappa shape index (κ1) is 35.0. The molecule has 3 amide bonds. The van der Waals surface area contributed by atoms with Gasteiger partial charge < -0.3 is 31.1 Å². The topological polar surface area (TPSA) is 136 Å². The van der Waals surface area contributed by atoms with E-state index in [4.69, 9.17) is 10.8 Å². The van der Waals surface area contributed by atoms with Crippen molar-refractivity contribution in [3.63, 3.8) is 0 Å². The molecule has 48 heavy (non-hydrogen) atoms. The van der Waals surface area contributed by atoms with Crippen LogP contribution in [0.5, 0.6) is 0 Å². The highest BCUT2D eigenvalue weighted by Crippen LogP contribution is 2.44. The van der Waals surface area contributed by atoms with Gasteiger partial charge >= 0.3 is 6.09 Å². The first-order valence-electron chi connectivity index (χ1n) is 17.1. The summed E-state index contributed by atoms with van der Waals surface area (Å²) in [6.07, 6.45) is 2.90. The van der Waals surface area contributed by atoms with E-state index in [2.05, 4.69) is 5.32 Å².